The summed E-state index contributed by atoms with van der Waals surface area (Å²) in [6.07, 6.45) is 0.862. The molecule has 0 saturated heterocycles. The number of ether oxygens (including phenoxy) is 2. The standard InChI is InChI=1S/C7H15N3O2Si/c1-11-7(12-2)6-13-5-3-4-9-10-8/h7H,3-6H2,1-2H3. The zero-order chi connectivity index (χ0) is 9.94. The zero-order valence-corrected chi connectivity index (χ0v) is 9.06. The molecule has 0 N–H and O–H groups in total. The molecular formula is C7H15N3O2Si. The second kappa shape index (κ2) is 9.53. The van der Waals surface area contributed by atoms with Crippen molar-refractivity contribution in [3.05, 3.63) is 10.4 Å². The molecule has 6 heteroatoms. The van der Waals surface area contributed by atoms with Crippen molar-refractivity contribution in [1.82, 2.24) is 0 Å². The fourth-order valence-corrected chi connectivity index (χ4v) is 1.98. The molecule has 0 aromatic carbocycles. The van der Waals surface area contributed by atoms with Gasteiger partial charge in [0.1, 0.15) is 0 Å². The summed E-state index contributed by atoms with van der Waals surface area (Å²) in [6.45, 7) is 0.591. The van der Waals surface area contributed by atoms with Crippen LogP contribution in [0.5, 0.6) is 0 Å². The minimum atomic E-state index is -0.0854. The first-order chi connectivity index (χ1) is 6.35. The van der Waals surface area contributed by atoms with E-state index < -0.39 is 0 Å². The van der Waals surface area contributed by atoms with Crippen LogP contribution in [-0.2, 0) is 9.47 Å². The molecule has 5 nitrogen and oxygen atoms in total. The van der Waals surface area contributed by atoms with Gasteiger partial charge < -0.3 is 9.47 Å². The molecule has 0 aromatic heterocycles. The maximum atomic E-state index is 8.01. The van der Waals surface area contributed by atoms with Gasteiger partial charge in [0, 0.05) is 35.2 Å². The van der Waals surface area contributed by atoms with E-state index in [-0.39, 0.29) is 6.29 Å². The third-order valence-electron chi connectivity index (χ3n) is 1.51. The first kappa shape index (κ1) is 12.4. The zero-order valence-electron chi connectivity index (χ0n) is 8.06. The number of methoxy groups -OCH3 is 2. The van der Waals surface area contributed by atoms with Gasteiger partial charge in [-0.3, -0.25) is 0 Å². The highest BCUT2D eigenvalue weighted by Crippen LogP contribution is 2.01. The van der Waals surface area contributed by atoms with Crippen molar-refractivity contribution in [3.63, 3.8) is 0 Å². The Morgan fingerprint density at radius 2 is 2.15 bits per heavy atom. The van der Waals surface area contributed by atoms with Crippen molar-refractivity contribution in [2.45, 2.75) is 24.8 Å². The molecule has 0 spiro atoms. The van der Waals surface area contributed by atoms with Gasteiger partial charge in [0.15, 0.2) is 6.29 Å². The predicted octanol–water partition coefficient (Wildman–Crippen LogP) is 1.85. The Balaban J connectivity index is 3.18. The molecule has 13 heavy (non-hydrogen) atoms. The van der Waals surface area contributed by atoms with Gasteiger partial charge in [-0.05, 0) is 11.6 Å². The van der Waals surface area contributed by atoms with Crippen molar-refractivity contribution in [2.75, 3.05) is 20.8 Å². The van der Waals surface area contributed by atoms with Crippen LogP contribution in [0.1, 0.15) is 6.42 Å². The van der Waals surface area contributed by atoms with Gasteiger partial charge in [-0.25, -0.2) is 0 Å². The van der Waals surface area contributed by atoms with Gasteiger partial charge in [-0.1, -0.05) is 17.6 Å². The van der Waals surface area contributed by atoms with Crippen LogP contribution in [0.4, 0.5) is 0 Å². The van der Waals surface area contributed by atoms with Crippen LogP contribution < -0.4 is 0 Å². The second-order valence-corrected chi connectivity index (χ2v) is 3.82. The summed E-state index contributed by atoms with van der Waals surface area (Å²) in [7, 11) is 4.08. The lowest BCUT2D eigenvalue weighted by Gasteiger charge is -2.11. The molecule has 0 saturated carbocycles. The summed E-state index contributed by atoms with van der Waals surface area (Å²) < 4.78 is 10.1. The largest absolute Gasteiger partial charge is 0.356 e. The Morgan fingerprint density at radius 3 is 2.69 bits per heavy atom. The molecule has 0 fully saturated rings. The summed E-state index contributed by atoms with van der Waals surface area (Å²) in [5.41, 5.74) is 8.01. The average Bonchev–Trinajstić information content (AvgIpc) is 2.17. The fraction of sp³-hybridized carbons (Fsp3) is 1.00. The van der Waals surface area contributed by atoms with Crippen molar-refractivity contribution >= 4 is 9.52 Å². The quantitative estimate of drug-likeness (QED) is 0.150. The molecule has 0 unspecified atom stereocenters. The van der Waals surface area contributed by atoms with E-state index in [4.69, 9.17) is 15.0 Å². The predicted molar refractivity (Wildman–Crippen MR) is 51.8 cm³/mol. The Labute approximate surface area is 80.9 Å². The van der Waals surface area contributed by atoms with Crippen molar-refractivity contribution in [3.8, 4) is 0 Å². The molecule has 74 valence electrons. The maximum Gasteiger partial charge on any atom is 0.154 e. The fourth-order valence-electron chi connectivity index (χ4n) is 0.802. The van der Waals surface area contributed by atoms with E-state index in [1.807, 2.05) is 0 Å². The number of nitrogens with zero attached hydrogens (tertiary/aromatic N) is 3. The Morgan fingerprint density at radius 1 is 1.46 bits per heavy atom. The molecule has 0 aliphatic heterocycles. The van der Waals surface area contributed by atoms with Crippen LogP contribution in [0, 0.1) is 0 Å². The Hall–Kier alpha value is -0.553. The Kier molecular flexibility index (Phi) is 9.13. The smallest absolute Gasteiger partial charge is 0.154 e. The van der Waals surface area contributed by atoms with Gasteiger partial charge in [0.2, 0.25) is 0 Å². The van der Waals surface area contributed by atoms with E-state index in [2.05, 4.69) is 10.0 Å². The van der Waals surface area contributed by atoms with Gasteiger partial charge in [0.25, 0.3) is 0 Å². The van der Waals surface area contributed by atoms with Gasteiger partial charge in [-0.15, -0.1) is 0 Å². The number of hydrogen-bond acceptors (Lipinski definition) is 3. The third kappa shape index (κ3) is 7.80. The van der Waals surface area contributed by atoms with E-state index in [9.17, 15) is 0 Å². The Bertz CT molecular complexity index is 158. The molecule has 0 atom stereocenters. The highest BCUT2D eigenvalue weighted by molar-refractivity contribution is 6.35. The van der Waals surface area contributed by atoms with E-state index >= 15 is 0 Å². The van der Waals surface area contributed by atoms with Crippen molar-refractivity contribution < 1.29 is 9.47 Å². The number of rotatable bonds is 8. The molecule has 0 rings (SSSR count). The highest BCUT2D eigenvalue weighted by atomic mass is 28.2. The average molecular weight is 201 g/mol. The van der Waals surface area contributed by atoms with Crippen LogP contribution >= 0.6 is 0 Å². The van der Waals surface area contributed by atoms with E-state index in [1.165, 1.54) is 0 Å². The maximum absolute atomic E-state index is 8.01. The molecule has 0 aliphatic rings. The van der Waals surface area contributed by atoms with Crippen LogP contribution in [-0.4, -0.2) is 36.6 Å². The summed E-state index contributed by atoms with van der Waals surface area (Å²) in [6, 6.07) is 1.99. The first-order valence-corrected chi connectivity index (χ1v) is 5.53. The summed E-state index contributed by atoms with van der Waals surface area (Å²) in [4.78, 5) is 2.68. The van der Waals surface area contributed by atoms with Crippen LogP contribution in [0.25, 0.3) is 10.4 Å². The van der Waals surface area contributed by atoms with Crippen molar-refractivity contribution in [1.29, 1.82) is 0 Å². The topological polar surface area (TPSA) is 67.2 Å². The molecule has 0 bridgehead atoms. The van der Waals surface area contributed by atoms with Gasteiger partial charge >= 0.3 is 0 Å². The summed E-state index contributed by atoms with van der Waals surface area (Å²) in [5, 5.41) is 3.45. The van der Waals surface area contributed by atoms with E-state index in [1.54, 1.807) is 14.2 Å². The molecule has 0 aromatic rings. The van der Waals surface area contributed by atoms with Gasteiger partial charge in [0.05, 0.1) is 0 Å². The van der Waals surface area contributed by atoms with Gasteiger partial charge in [-0.2, -0.15) is 0 Å². The highest BCUT2D eigenvalue weighted by Gasteiger charge is 2.03. The SMILES string of the molecule is COC(C[Si]CCCN=[N+]=[N-])OC. The van der Waals surface area contributed by atoms with Crippen LogP contribution in [0.3, 0.4) is 0 Å². The van der Waals surface area contributed by atoms with E-state index in [0.717, 1.165) is 28.0 Å². The number of hydrogen-bond donors (Lipinski definition) is 0. The third-order valence-corrected chi connectivity index (χ3v) is 2.84. The molecule has 0 heterocycles. The molecule has 2 radical (unpaired) electrons. The summed E-state index contributed by atoms with van der Waals surface area (Å²) in [5.74, 6) is 0. The monoisotopic (exact) mass is 201 g/mol. The lowest BCUT2D eigenvalue weighted by Crippen LogP contribution is -2.14. The normalized spacial score (nSPS) is 10.1. The number of azide groups is 1. The molecule has 0 amide bonds. The minimum Gasteiger partial charge on any atom is -0.356 e. The molecule has 0 aliphatic carbocycles. The first-order valence-electron chi connectivity index (χ1n) is 4.12. The lowest BCUT2D eigenvalue weighted by molar-refractivity contribution is -0.0876. The molecular weight excluding hydrogens is 186 g/mol. The second-order valence-electron chi connectivity index (χ2n) is 2.41. The van der Waals surface area contributed by atoms with E-state index in [0.29, 0.717) is 6.54 Å². The lowest BCUT2D eigenvalue weighted by atomic mass is 10.5. The van der Waals surface area contributed by atoms with Crippen LogP contribution in [0.2, 0.25) is 12.1 Å². The van der Waals surface area contributed by atoms with Crippen LogP contribution in [0.15, 0.2) is 5.11 Å². The van der Waals surface area contributed by atoms with Crippen molar-refractivity contribution in [2.24, 2.45) is 5.11 Å². The minimum absolute atomic E-state index is 0.0854. The summed E-state index contributed by atoms with van der Waals surface area (Å²) >= 11 is 0.